The zero-order chi connectivity index (χ0) is 15.3. The fourth-order valence-electron chi connectivity index (χ4n) is 1.40. The lowest BCUT2D eigenvalue weighted by atomic mass is 10.2. The van der Waals surface area contributed by atoms with Crippen LogP contribution in [-0.4, -0.2) is 37.5 Å². The first-order valence-electron chi connectivity index (χ1n) is 5.47. The lowest BCUT2D eigenvalue weighted by Crippen LogP contribution is -2.41. The number of sulfonamides is 1. The second kappa shape index (κ2) is 7.51. The first-order valence-corrected chi connectivity index (χ1v) is 9.10. The summed E-state index contributed by atoms with van der Waals surface area (Å²) in [5.41, 5.74) is 0. The minimum atomic E-state index is -4.04. The van der Waals surface area contributed by atoms with Crippen molar-refractivity contribution in [2.24, 2.45) is 0 Å². The van der Waals surface area contributed by atoms with Crippen molar-refractivity contribution in [2.45, 2.75) is 17.4 Å². The Morgan fingerprint density at radius 2 is 2.10 bits per heavy atom. The number of rotatable bonds is 7. The molecule has 1 aromatic carbocycles. The Bertz CT molecular complexity index is 592. The number of benzene rings is 1. The van der Waals surface area contributed by atoms with Crippen LogP contribution >= 0.6 is 35.0 Å². The second-order valence-corrected chi connectivity index (χ2v) is 7.38. The van der Waals surface area contributed by atoms with E-state index in [0.717, 1.165) is 0 Å². The van der Waals surface area contributed by atoms with Gasteiger partial charge in [0.05, 0.1) is 5.02 Å². The zero-order valence-corrected chi connectivity index (χ0v) is 13.6. The number of thioether (sulfide) groups is 1. The lowest BCUT2D eigenvalue weighted by Gasteiger charge is -2.15. The van der Waals surface area contributed by atoms with E-state index < -0.39 is 22.0 Å². The second-order valence-electron chi connectivity index (χ2n) is 3.87. The van der Waals surface area contributed by atoms with Crippen molar-refractivity contribution in [1.29, 1.82) is 0 Å². The molecule has 1 aromatic rings. The molecule has 0 unspecified atom stereocenters. The quantitative estimate of drug-likeness (QED) is 0.782. The van der Waals surface area contributed by atoms with Crippen LogP contribution in [0.3, 0.4) is 0 Å². The predicted octanol–water partition coefficient (Wildman–Crippen LogP) is 2.48. The Morgan fingerprint density at radius 1 is 1.45 bits per heavy atom. The minimum absolute atomic E-state index is 0.0177. The summed E-state index contributed by atoms with van der Waals surface area (Å²) in [6.07, 6.45) is 1.98. The summed E-state index contributed by atoms with van der Waals surface area (Å²) in [5, 5.41) is 9.22. The maximum absolute atomic E-state index is 12.2. The van der Waals surface area contributed by atoms with Crippen molar-refractivity contribution in [3.63, 3.8) is 0 Å². The molecular formula is C11H13Cl2NO4S2. The number of nitrogens with one attached hydrogen (secondary N) is 1. The molecule has 20 heavy (non-hydrogen) atoms. The van der Waals surface area contributed by atoms with Gasteiger partial charge in [-0.25, -0.2) is 8.42 Å². The van der Waals surface area contributed by atoms with E-state index in [2.05, 4.69) is 4.72 Å². The molecule has 0 amide bonds. The van der Waals surface area contributed by atoms with E-state index in [9.17, 15) is 13.2 Å². The van der Waals surface area contributed by atoms with Crippen molar-refractivity contribution in [1.82, 2.24) is 4.72 Å². The van der Waals surface area contributed by atoms with Gasteiger partial charge in [-0.1, -0.05) is 23.2 Å². The number of carbonyl (C=O) groups is 1. The van der Waals surface area contributed by atoms with Gasteiger partial charge in [0, 0.05) is 5.02 Å². The molecule has 0 aromatic heterocycles. The van der Waals surface area contributed by atoms with Crippen molar-refractivity contribution >= 4 is 51.0 Å². The Labute approximate surface area is 131 Å². The SMILES string of the molecule is CSCC[C@H](NS(=O)(=O)c1cc(Cl)ccc1Cl)C(=O)O. The van der Waals surface area contributed by atoms with Gasteiger partial charge in [0.2, 0.25) is 10.0 Å². The Balaban J connectivity index is 3.03. The molecule has 0 bridgehead atoms. The number of aliphatic carboxylic acids is 1. The van der Waals surface area contributed by atoms with E-state index in [4.69, 9.17) is 28.3 Å². The highest BCUT2D eigenvalue weighted by atomic mass is 35.5. The largest absolute Gasteiger partial charge is 0.480 e. The van der Waals surface area contributed by atoms with Crippen LogP contribution in [0.4, 0.5) is 0 Å². The lowest BCUT2D eigenvalue weighted by molar-refractivity contribution is -0.139. The van der Waals surface area contributed by atoms with Crippen molar-refractivity contribution < 1.29 is 18.3 Å². The van der Waals surface area contributed by atoms with Gasteiger partial charge in [-0.05, 0) is 36.6 Å². The van der Waals surface area contributed by atoms with E-state index in [1.165, 1.54) is 30.0 Å². The number of halogens is 2. The molecule has 9 heteroatoms. The monoisotopic (exact) mass is 357 g/mol. The van der Waals surface area contributed by atoms with Gasteiger partial charge >= 0.3 is 5.97 Å². The van der Waals surface area contributed by atoms with Crippen molar-refractivity contribution in [3.05, 3.63) is 28.2 Å². The molecule has 0 saturated heterocycles. The van der Waals surface area contributed by atoms with Gasteiger partial charge in [0.1, 0.15) is 10.9 Å². The molecule has 0 spiro atoms. The molecule has 0 radical (unpaired) electrons. The van der Waals surface area contributed by atoms with Gasteiger partial charge in [-0.2, -0.15) is 16.5 Å². The molecule has 1 rings (SSSR count). The summed E-state index contributed by atoms with van der Waals surface area (Å²) in [6.45, 7) is 0. The molecule has 0 heterocycles. The van der Waals surface area contributed by atoms with Gasteiger partial charge in [0.15, 0.2) is 0 Å². The molecule has 2 N–H and O–H groups in total. The summed E-state index contributed by atoms with van der Waals surface area (Å²) >= 11 is 13.0. The maximum atomic E-state index is 12.2. The molecular weight excluding hydrogens is 345 g/mol. The topological polar surface area (TPSA) is 83.5 Å². The average Bonchev–Trinajstić information content (AvgIpc) is 2.36. The summed E-state index contributed by atoms with van der Waals surface area (Å²) < 4.78 is 26.4. The van der Waals surface area contributed by atoms with E-state index in [1.807, 2.05) is 0 Å². The van der Waals surface area contributed by atoms with Crippen LogP contribution in [0.5, 0.6) is 0 Å². The van der Waals surface area contributed by atoms with Crippen LogP contribution in [0.25, 0.3) is 0 Å². The number of hydrogen-bond acceptors (Lipinski definition) is 4. The highest BCUT2D eigenvalue weighted by Crippen LogP contribution is 2.25. The van der Waals surface area contributed by atoms with Crippen molar-refractivity contribution in [3.8, 4) is 0 Å². The van der Waals surface area contributed by atoms with Gasteiger partial charge in [-0.3, -0.25) is 4.79 Å². The fourth-order valence-corrected chi connectivity index (χ4v) is 3.86. The average molecular weight is 358 g/mol. The molecule has 0 aliphatic carbocycles. The van der Waals surface area contributed by atoms with E-state index in [0.29, 0.717) is 5.75 Å². The highest BCUT2D eigenvalue weighted by Gasteiger charge is 2.26. The summed E-state index contributed by atoms with van der Waals surface area (Å²) in [4.78, 5) is 10.8. The Hall–Kier alpha value is -0.470. The zero-order valence-electron chi connectivity index (χ0n) is 10.5. The van der Waals surface area contributed by atoms with Gasteiger partial charge < -0.3 is 5.11 Å². The standard InChI is InChI=1S/C11H13Cl2NO4S2/c1-19-5-4-9(11(15)16)14-20(17,18)10-6-7(12)2-3-8(10)13/h2-3,6,9,14H,4-5H2,1H3,(H,15,16)/t9-/m0/s1. The maximum Gasteiger partial charge on any atom is 0.321 e. The Morgan fingerprint density at radius 3 is 2.65 bits per heavy atom. The molecule has 112 valence electrons. The minimum Gasteiger partial charge on any atom is -0.480 e. The third-order valence-electron chi connectivity index (χ3n) is 2.39. The molecule has 1 atom stereocenters. The molecule has 5 nitrogen and oxygen atoms in total. The molecule has 0 aliphatic heterocycles. The van der Waals surface area contributed by atoms with Crippen LogP contribution in [0.2, 0.25) is 10.0 Å². The first-order chi connectivity index (χ1) is 9.27. The summed E-state index contributed by atoms with van der Waals surface area (Å²) in [6, 6.07) is 2.77. The summed E-state index contributed by atoms with van der Waals surface area (Å²) in [5.74, 6) is -0.719. The first kappa shape index (κ1) is 17.6. The van der Waals surface area contributed by atoms with Crippen LogP contribution in [-0.2, 0) is 14.8 Å². The fraction of sp³-hybridized carbons (Fsp3) is 0.364. The van der Waals surface area contributed by atoms with Gasteiger partial charge in [0.25, 0.3) is 0 Å². The third kappa shape index (κ3) is 4.82. The van der Waals surface area contributed by atoms with E-state index >= 15 is 0 Å². The van der Waals surface area contributed by atoms with Crippen molar-refractivity contribution in [2.75, 3.05) is 12.0 Å². The van der Waals surface area contributed by atoms with Crippen LogP contribution in [0.15, 0.2) is 23.1 Å². The molecule has 0 aliphatic rings. The smallest absolute Gasteiger partial charge is 0.321 e. The van der Waals surface area contributed by atoms with E-state index in [1.54, 1.807) is 6.26 Å². The number of carboxylic acids is 1. The van der Waals surface area contributed by atoms with Gasteiger partial charge in [-0.15, -0.1) is 0 Å². The molecule has 0 saturated carbocycles. The highest BCUT2D eigenvalue weighted by molar-refractivity contribution is 7.98. The number of hydrogen-bond donors (Lipinski definition) is 2. The Kier molecular flexibility index (Phi) is 6.60. The summed E-state index contributed by atoms with van der Waals surface area (Å²) in [7, 11) is -4.04. The normalized spacial score (nSPS) is 13.2. The molecule has 0 fully saturated rings. The van der Waals surface area contributed by atoms with Crippen LogP contribution in [0, 0.1) is 0 Å². The van der Waals surface area contributed by atoms with E-state index in [-0.39, 0.29) is 21.4 Å². The van der Waals surface area contributed by atoms with Crippen LogP contribution in [0.1, 0.15) is 6.42 Å². The predicted molar refractivity (Wildman–Crippen MR) is 81.2 cm³/mol. The third-order valence-corrected chi connectivity index (χ3v) is 5.22. The number of carboxylic acid groups (broad SMARTS) is 1. The van der Waals surface area contributed by atoms with Crippen LogP contribution < -0.4 is 4.72 Å².